The molecule has 142 valence electrons. The summed E-state index contributed by atoms with van der Waals surface area (Å²) >= 11 is 1.46. The highest BCUT2D eigenvalue weighted by Crippen LogP contribution is 2.27. The van der Waals surface area contributed by atoms with Crippen LogP contribution < -0.4 is 5.32 Å². The van der Waals surface area contributed by atoms with E-state index in [0.29, 0.717) is 6.54 Å². The Bertz CT molecular complexity index is 1060. The lowest BCUT2D eigenvalue weighted by molar-refractivity contribution is 0.0955. The van der Waals surface area contributed by atoms with E-state index in [2.05, 4.69) is 65.0 Å². The van der Waals surface area contributed by atoms with Crippen molar-refractivity contribution in [3.05, 3.63) is 99.6 Å². The summed E-state index contributed by atoms with van der Waals surface area (Å²) in [6.07, 6.45) is 4.11. The monoisotopic (exact) mass is 389 g/mol. The molecule has 5 heteroatoms. The maximum Gasteiger partial charge on any atom is 0.261 e. The molecule has 3 heterocycles. The number of benzene rings is 1. The summed E-state index contributed by atoms with van der Waals surface area (Å²) in [6.45, 7) is 5.57. The Morgan fingerprint density at radius 1 is 1.00 bits per heavy atom. The number of nitrogens with zero attached hydrogens (tertiary/aromatic N) is 2. The molecule has 0 fully saturated rings. The first-order valence-electron chi connectivity index (χ1n) is 9.32. The number of carbonyl (C=O) groups is 1. The lowest BCUT2D eigenvalue weighted by Crippen LogP contribution is -2.23. The third-order valence-corrected chi connectivity index (χ3v) is 6.00. The molecule has 4 rings (SSSR count). The van der Waals surface area contributed by atoms with Crippen molar-refractivity contribution < 1.29 is 4.79 Å². The van der Waals surface area contributed by atoms with Gasteiger partial charge in [-0.15, -0.1) is 11.3 Å². The van der Waals surface area contributed by atoms with Gasteiger partial charge in [-0.2, -0.15) is 0 Å². The number of amides is 1. The summed E-state index contributed by atoms with van der Waals surface area (Å²) in [7, 11) is 0. The van der Waals surface area contributed by atoms with E-state index in [1.165, 1.54) is 28.2 Å². The van der Waals surface area contributed by atoms with E-state index in [0.717, 1.165) is 22.8 Å². The summed E-state index contributed by atoms with van der Waals surface area (Å²) in [4.78, 5) is 13.2. The molecule has 0 saturated carbocycles. The molecule has 0 bridgehead atoms. The number of rotatable bonds is 6. The van der Waals surface area contributed by atoms with Crippen LogP contribution in [-0.4, -0.2) is 15.0 Å². The van der Waals surface area contributed by atoms with Crippen LogP contribution in [0.1, 0.15) is 32.1 Å². The molecule has 0 aliphatic rings. The number of aromatic nitrogens is 2. The Kier molecular flexibility index (Phi) is 5.17. The second-order valence-electron chi connectivity index (χ2n) is 6.83. The smallest absolute Gasteiger partial charge is 0.261 e. The molecule has 3 aromatic heterocycles. The van der Waals surface area contributed by atoms with Gasteiger partial charge < -0.3 is 14.5 Å². The highest BCUT2D eigenvalue weighted by molar-refractivity contribution is 7.12. The van der Waals surface area contributed by atoms with Crippen molar-refractivity contribution in [1.29, 1.82) is 0 Å². The molecule has 4 aromatic rings. The van der Waals surface area contributed by atoms with Crippen LogP contribution in [0.2, 0.25) is 0 Å². The quantitative estimate of drug-likeness (QED) is 0.499. The zero-order valence-corrected chi connectivity index (χ0v) is 16.9. The number of nitrogens with one attached hydrogen (secondary N) is 1. The Morgan fingerprint density at radius 3 is 2.43 bits per heavy atom. The van der Waals surface area contributed by atoms with Gasteiger partial charge in [-0.25, -0.2) is 0 Å². The first-order valence-corrected chi connectivity index (χ1v) is 10.2. The van der Waals surface area contributed by atoms with Crippen LogP contribution in [-0.2, 0) is 13.1 Å². The van der Waals surface area contributed by atoms with E-state index in [1.54, 1.807) is 0 Å². The predicted molar refractivity (Wildman–Crippen MR) is 114 cm³/mol. The number of thiophene rings is 1. The van der Waals surface area contributed by atoms with Crippen LogP contribution in [0.4, 0.5) is 0 Å². The second kappa shape index (κ2) is 7.90. The van der Waals surface area contributed by atoms with Gasteiger partial charge in [0.05, 0.1) is 4.88 Å². The van der Waals surface area contributed by atoms with E-state index in [4.69, 9.17) is 0 Å². The second-order valence-corrected chi connectivity index (χ2v) is 7.78. The van der Waals surface area contributed by atoms with Gasteiger partial charge in [-0.05, 0) is 48.6 Å². The summed E-state index contributed by atoms with van der Waals surface area (Å²) in [5.41, 5.74) is 4.83. The summed E-state index contributed by atoms with van der Waals surface area (Å²) in [5.74, 6) is 1.08. The largest absolute Gasteiger partial charge is 0.347 e. The number of hydrogen-bond acceptors (Lipinski definition) is 2. The van der Waals surface area contributed by atoms with Crippen molar-refractivity contribution in [3.63, 3.8) is 0 Å². The minimum atomic E-state index is -0.0266. The molecule has 1 N–H and O–H groups in total. The lowest BCUT2D eigenvalue weighted by atomic mass is 10.1. The van der Waals surface area contributed by atoms with Crippen molar-refractivity contribution in [2.45, 2.75) is 26.9 Å². The van der Waals surface area contributed by atoms with Crippen molar-refractivity contribution in [1.82, 2.24) is 14.5 Å². The van der Waals surface area contributed by atoms with Gasteiger partial charge >= 0.3 is 0 Å². The van der Waals surface area contributed by atoms with E-state index in [1.807, 2.05) is 35.7 Å². The molecule has 0 saturated heterocycles. The Morgan fingerprint density at radius 2 is 1.75 bits per heavy atom. The van der Waals surface area contributed by atoms with Gasteiger partial charge in [-0.1, -0.05) is 36.4 Å². The van der Waals surface area contributed by atoms with Gasteiger partial charge in [0.15, 0.2) is 0 Å². The van der Waals surface area contributed by atoms with E-state index >= 15 is 0 Å². The van der Waals surface area contributed by atoms with Crippen molar-refractivity contribution in [2.24, 2.45) is 0 Å². The molecule has 28 heavy (non-hydrogen) atoms. The van der Waals surface area contributed by atoms with E-state index in [-0.39, 0.29) is 5.91 Å². The molecule has 0 aliphatic carbocycles. The minimum Gasteiger partial charge on any atom is -0.347 e. The number of hydrogen-bond donors (Lipinski definition) is 1. The van der Waals surface area contributed by atoms with Crippen molar-refractivity contribution in [2.75, 3.05) is 0 Å². The summed E-state index contributed by atoms with van der Waals surface area (Å²) in [5, 5.41) is 5.02. The maximum atomic E-state index is 12.5. The van der Waals surface area contributed by atoms with Gasteiger partial charge in [0, 0.05) is 36.7 Å². The summed E-state index contributed by atoms with van der Waals surface area (Å²) < 4.78 is 4.47. The fourth-order valence-electron chi connectivity index (χ4n) is 3.52. The fraction of sp³-hybridized carbons (Fsp3) is 0.174. The fourth-order valence-corrected chi connectivity index (χ4v) is 4.16. The highest BCUT2D eigenvalue weighted by atomic mass is 32.1. The molecule has 0 unspecified atom stereocenters. The molecular weight excluding hydrogens is 366 g/mol. The van der Waals surface area contributed by atoms with Gasteiger partial charge in [0.25, 0.3) is 5.91 Å². The number of carbonyl (C=O) groups excluding carboxylic acids is 1. The van der Waals surface area contributed by atoms with Crippen LogP contribution in [0.5, 0.6) is 0 Å². The van der Waals surface area contributed by atoms with Crippen molar-refractivity contribution >= 4 is 17.2 Å². The van der Waals surface area contributed by atoms with Crippen LogP contribution in [0.25, 0.3) is 5.82 Å². The zero-order chi connectivity index (χ0) is 19.5. The van der Waals surface area contributed by atoms with Gasteiger partial charge in [0.2, 0.25) is 0 Å². The molecule has 0 spiro atoms. The molecule has 1 amide bonds. The van der Waals surface area contributed by atoms with E-state index < -0.39 is 0 Å². The SMILES string of the molecule is Cc1c(CNC(=O)c2cccs2)c(-n2cccc2)n(Cc2ccccc2)c1C. The highest BCUT2D eigenvalue weighted by Gasteiger charge is 2.20. The molecule has 0 atom stereocenters. The predicted octanol–water partition coefficient (Wildman–Crippen LogP) is 4.94. The van der Waals surface area contributed by atoms with E-state index in [9.17, 15) is 4.79 Å². The van der Waals surface area contributed by atoms with Crippen LogP contribution in [0.3, 0.4) is 0 Å². The van der Waals surface area contributed by atoms with Crippen LogP contribution >= 0.6 is 11.3 Å². The molecule has 0 aliphatic heterocycles. The van der Waals surface area contributed by atoms with Gasteiger partial charge in [-0.3, -0.25) is 4.79 Å². The standard InChI is InChI=1S/C23H23N3OS/c1-17-18(2)26(16-19-9-4-3-5-10-19)23(25-12-6-7-13-25)20(17)15-24-22(27)21-11-8-14-28-21/h3-14H,15-16H2,1-2H3,(H,24,27). The van der Waals surface area contributed by atoms with Crippen molar-refractivity contribution in [3.8, 4) is 5.82 Å². The Balaban J connectivity index is 1.71. The van der Waals surface area contributed by atoms with Crippen LogP contribution in [0, 0.1) is 13.8 Å². The Labute approximate surface area is 169 Å². The normalized spacial score (nSPS) is 10.9. The van der Waals surface area contributed by atoms with Gasteiger partial charge in [0.1, 0.15) is 5.82 Å². The third-order valence-electron chi connectivity index (χ3n) is 5.13. The lowest BCUT2D eigenvalue weighted by Gasteiger charge is -2.15. The molecular formula is C23H23N3OS. The minimum absolute atomic E-state index is 0.0266. The average molecular weight is 390 g/mol. The topological polar surface area (TPSA) is 39.0 Å². The van der Waals surface area contributed by atoms with Crippen LogP contribution in [0.15, 0.2) is 72.4 Å². The average Bonchev–Trinajstić information content (AvgIpc) is 3.46. The first kappa shape index (κ1) is 18.3. The summed E-state index contributed by atoms with van der Waals surface area (Å²) in [6, 6.07) is 18.3. The Hall–Kier alpha value is -3.05. The zero-order valence-electron chi connectivity index (χ0n) is 16.1. The molecule has 4 nitrogen and oxygen atoms in total. The maximum absolute atomic E-state index is 12.5. The first-order chi connectivity index (χ1) is 13.6. The molecule has 0 radical (unpaired) electrons. The molecule has 1 aromatic carbocycles. The third kappa shape index (κ3) is 3.53.